The lowest BCUT2D eigenvalue weighted by molar-refractivity contribution is 0.0451. The van der Waals surface area contributed by atoms with Crippen LogP contribution in [0.15, 0.2) is 18.2 Å². The van der Waals surface area contributed by atoms with Crippen molar-refractivity contribution in [1.29, 1.82) is 0 Å². The van der Waals surface area contributed by atoms with E-state index in [4.69, 9.17) is 5.73 Å². The van der Waals surface area contributed by atoms with Gasteiger partial charge in [0.15, 0.2) is 0 Å². The molecule has 1 aliphatic heterocycles. The topological polar surface area (TPSA) is 46.3 Å². The highest BCUT2D eigenvalue weighted by molar-refractivity contribution is 5.98. The van der Waals surface area contributed by atoms with Crippen molar-refractivity contribution in [3.8, 4) is 0 Å². The lowest BCUT2D eigenvalue weighted by Gasteiger charge is -2.46. The Morgan fingerprint density at radius 1 is 1.30 bits per heavy atom. The molecule has 2 rings (SSSR count). The highest BCUT2D eigenvalue weighted by Crippen LogP contribution is 2.37. The summed E-state index contributed by atoms with van der Waals surface area (Å²) in [7, 11) is 0. The van der Waals surface area contributed by atoms with E-state index >= 15 is 0 Å². The minimum absolute atomic E-state index is 0.0452. The van der Waals surface area contributed by atoms with Crippen molar-refractivity contribution in [3.63, 3.8) is 0 Å². The van der Waals surface area contributed by atoms with E-state index < -0.39 is 0 Å². The SMILES string of the molecule is C[C@@H](N1CC(C)(C)c2ccc(N)cc2C1=O)C(C)(C)C. The summed E-state index contributed by atoms with van der Waals surface area (Å²) >= 11 is 0. The Morgan fingerprint density at radius 2 is 1.90 bits per heavy atom. The Kier molecular flexibility index (Phi) is 3.35. The van der Waals surface area contributed by atoms with E-state index in [1.165, 1.54) is 0 Å². The number of hydrogen-bond acceptors (Lipinski definition) is 2. The molecule has 0 aromatic heterocycles. The van der Waals surface area contributed by atoms with Crippen LogP contribution in [-0.4, -0.2) is 23.4 Å². The maximum atomic E-state index is 12.8. The first-order chi connectivity index (χ1) is 9.04. The first-order valence-corrected chi connectivity index (χ1v) is 7.25. The number of amides is 1. The van der Waals surface area contributed by atoms with Crippen molar-refractivity contribution in [1.82, 2.24) is 4.90 Å². The predicted octanol–water partition coefficient (Wildman–Crippen LogP) is 3.44. The Morgan fingerprint density at radius 3 is 2.45 bits per heavy atom. The van der Waals surface area contributed by atoms with E-state index in [0.29, 0.717) is 5.69 Å². The molecule has 1 amide bonds. The van der Waals surface area contributed by atoms with Crippen LogP contribution in [0.4, 0.5) is 5.69 Å². The minimum Gasteiger partial charge on any atom is -0.399 e. The predicted molar refractivity (Wildman–Crippen MR) is 83.8 cm³/mol. The van der Waals surface area contributed by atoms with Gasteiger partial charge in [0.05, 0.1) is 0 Å². The number of anilines is 1. The summed E-state index contributed by atoms with van der Waals surface area (Å²) in [6.45, 7) is 13.8. The normalized spacial score (nSPS) is 19.7. The van der Waals surface area contributed by atoms with Gasteiger partial charge < -0.3 is 10.6 Å². The van der Waals surface area contributed by atoms with Crippen molar-refractivity contribution in [2.45, 2.75) is 53.0 Å². The van der Waals surface area contributed by atoms with Crippen LogP contribution in [0.5, 0.6) is 0 Å². The van der Waals surface area contributed by atoms with E-state index in [1.54, 1.807) is 0 Å². The first kappa shape index (κ1) is 14.9. The van der Waals surface area contributed by atoms with E-state index in [-0.39, 0.29) is 22.8 Å². The number of nitrogens with two attached hydrogens (primary N) is 1. The average Bonchev–Trinajstić information content (AvgIpc) is 2.31. The average molecular weight is 274 g/mol. The van der Waals surface area contributed by atoms with Gasteiger partial charge in [-0.25, -0.2) is 0 Å². The van der Waals surface area contributed by atoms with E-state index in [9.17, 15) is 4.79 Å². The molecule has 0 fully saturated rings. The van der Waals surface area contributed by atoms with Crippen LogP contribution in [0.3, 0.4) is 0 Å². The van der Waals surface area contributed by atoms with Crippen LogP contribution < -0.4 is 5.73 Å². The van der Waals surface area contributed by atoms with Crippen LogP contribution in [0.25, 0.3) is 0 Å². The maximum absolute atomic E-state index is 12.8. The lowest BCUT2D eigenvalue weighted by Crippen LogP contribution is -2.54. The summed E-state index contributed by atoms with van der Waals surface area (Å²) in [5.41, 5.74) is 8.40. The second kappa shape index (κ2) is 4.51. The van der Waals surface area contributed by atoms with Crippen LogP contribution in [0.2, 0.25) is 0 Å². The zero-order valence-electron chi connectivity index (χ0n) is 13.4. The Hall–Kier alpha value is -1.51. The van der Waals surface area contributed by atoms with Gasteiger partial charge in [0, 0.05) is 29.3 Å². The summed E-state index contributed by atoms with van der Waals surface area (Å²) in [6, 6.07) is 5.89. The van der Waals surface area contributed by atoms with Crippen LogP contribution >= 0.6 is 0 Å². The van der Waals surface area contributed by atoms with Crippen LogP contribution in [-0.2, 0) is 5.41 Å². The molecule has 0 bridgehead atoms. The molecule has 2 N–H and O–H groups in total. The molecular weight excluding hydrogens is 248 g/mol. The van der Waals surface area contributed by atoms with E-state index in [0.717, 1.165) is 17.7 Å². The van der Waals surface area contributed by atoms with Gasteiger partial charge in [-0.05, 0) is 30.0 Å². The van der Waals surface area contributed by atoms with Crippen LogP contribution in [0.1, 0.15) is 57.5 Å². The van der Waals surface area contributed by atoms with Crippen LogP contribution in [0, 0.1) is 5.41 Å². The monoisotopic (exact) mass is 274 g/mol. The highest BCUT2D eigenvalue weighted by atomic mass is 16.2. The van der Waals surface area contributed by atoms with Crippen molar-refractivity contribution >= 4 is 11.6 Å². The summed E-state index contributed by atoms with van der Waals surface area (Å²) in [5, 5.41) is 0. The maximum Gasteiger partial charge on any atom is 0.254 e. The van der Waals surface area contributed by atoms with Crippen molar-refractivity contribution in [2.24, 2.45) is 5.41 Å². The van der Waals surface area contributed by atoms with Gasteiger partial charge in [-0.15, -0.1) is 0 Å². The summed E-state index contributed by atoms with van der Waals surface area (Å²) in [4.78, 5) is 14.8. The standard InChI is InChI=1S/C17H26N2O/c1-11(16(2,3)4)19-10-17(5,6)14-8-7-12(18)9-13(14)15(19)20/h7-9,11H,10,18H2,1-6H3/t11-/m1/s1. The third-order valence-corrected chi connectivity index (χ3v) is 4.55. The Bertz CT molecular complexity index is 540. The molecule has 20 heavy (non-hydrogen) atoms. The fraction of sp³-hybridized carbons (Fsp3) is 0.588. The molecular formula is C17H26N2O. The third-order valence-electron chi connectivity index (χ3n) is 4.55. The molecule has 1 aliphatic rings. The largest absolute Gasteiger partial charge is 0.399 e. The molecule has 0 unspecified atom stereocenters. The molecule has 1 atom stereocenters. The van der Waals surface area contributed by atoms with Gasteiger partial charge in [-0.2, -0.15) is 0 Å². The van der Waals surface area contributed by atoms with Gasteiger partial charge in [-0.1, -0.05) is 40.7 Å². The number of carbonyl (C=O) groups excluding carboxylic acids is 1. The Labute approximate surface area is 122 Å². The molecule has 0 radical (unpaired) electrons. The highest BCUT2D eigenvalue weighted by Gasteiger charge is 2.40. The molecule has 1 aromatic rings. The number of carbonyl (C=O) groups is 1. The molecule has 3 nitrogen and oxygen atoms in total. The molecule has 0 saturated heterocycles. The minimum atomic E-state index is -0.0452. The smallest absolute Gasteiger partial charge is 0.254 e. The number of rotatable bonds is 1. The second-order valence-electron chi connectivity index (χ2n) is 7.66. The molecule has 110 valence electrons. The zero-order valence-corrected chi connectivity index (χ0v) is 13.4. The first-order valence-electron chi connectivity index (χ1n) is 7.25. The van der Waals surface area contributed by atoms with E-state index in [1.807, 2.05) is 23.1 Å². The summed E-state index contributed by atoms with van der Waals surface area (Å²) in [5.74, 6) is 0.106. The third kappa shape index (κ3) is 2.41. The number of benzene rings is 1. The molecule has 0 aliphatic carbocycles. The fourth-order valence-corrected chi connectivity index (χ4v) is 2.85. The summed E-state index contributed by atoms with van der Waals surface area (Å²) in [6.07, 6.45) is 0. The molecule has 1 aromatic carbocycles. The van der Waals surface area contributed by atoms with Crippen molar-refractivity contribution in [3.05, 3.63) is 29.3 Å². The fourth-order valence-electron chi connectivity index (χ4n) is 2.85. The van der Waals surface area contributed by atoms with E-state index in [2.05, 4.69) is 41.5 Å². The van der Waals surface area contributed by atoms with Gasteiger partial charge >= 0.3 is 0 Å². The molecule has 0 spiro atoms. The quantitative estimate of drug-likeness (QED) is 0.797. The van der Waals surface area contributed by atoms with Gasteiger partial charge in [0.1, 0.15) is 0 Å². The van der Waals surface area contributed by atoms with Crippen molar-refractivity contribution in [2.75, 3.05) is 12.3 Å². The number of fused-ring (bicyclic) bond motifs is 1. The molecule has 1 heterocycles. The summed E-state index contributed by atoms with van der Waals surface area (Å²) < 4.78 is 0. The molecule has 0 saturated carbocycles. The molecule has 3 heteroatoms. The lowest BCUT2D eigenvalue weighted by atomic mass is 9.75. The van der Waals surface area contributed by atoms with Crippen molar-refractivity contribution < 1.29 is 4.79 Å². The van der Waals surface area contributed by atoms with Gasteiger partial charge in [-0.3, -0.25) is 4.79 Å². The number of nitrogen functional groups attached to an aromatic ring is 1. The zero-order chi connectivity index (χ0) is 15.3. The van der Waals surface area contributed by atoms with Gasteiger partial charge in [0.25, 0.3) is 5.91 Å². The number of nitrogens with zero attached hydrogens (tertiary/aromatic N) is 1. The second-order valence-corrected chi connectivity index (χ2v) is 7.66. The Balaban J connectivity index is 2.51. The van der Waals surface area contributed by atoms with Gasteiger partial charge in [0.2, 0.25) is 0 Å². The number of hydrogen-bond donors (Lipinski definition) is 1.